The molecule has 5 heteroatoms. The number of amides is 2. The average Bonchev–Trinajstić information content (AvgIpc) is 2.67. The fourth-order valence-electron chi connectivity index (χ4n) is 3.48. The minimum Gasteiger partial charge on any atom is -0.377 e. The number of hydrogen-bond donors (Lipinski definition) is 1. The summed E-state index contributed by atoms with van der Waals surface area (Å²) >= 11 is 0. The quantitative estimate of drug-likeness (QED) is 0.921. The van der Waals surface area contributed by atoms with E-state index in [-0.39, 0.29) is 17.7 Å². The topological polar surface area (TPSA) is 66.6 Å². The van der Waals surface area contributed by atoms with Gasteiger partial charge >= 0.3 is 0 Å². The van der Waals surface area contributed by atoms with E-state index in [1.807, 2.05) is 50.5 Å². The summed E-state index contributed by atoms with van der Waals surface area (Å²) in [5.41, 5.74) is 9.38. The number of anilines is 1. The van der Waals surface area contributed by atoms with E-state index in [1.165, 1.54) is 0 Å². The van der Waals surface area contributed by atoms with E-state index >= 15 is 0 Å². The third-order valence-corrected chi connectivity index (χ3v) is 4.94. The number of benzene rings is 2. The van der Waals surface area contributed by atoms with Crippen molar-refractivity contribution in [2.75, 3.05) is 32.1 Å². The van der Waals surface area contributed by atoms with E-state index in [0.29, 0.717) is 18.7 Å². The van der Waals surface area contributed by atoms with Gasteiger partial charge in [0, 0.05) is 44.0 Å². The van der Waals surface area contributed by atoms with Crippen molar-refractivity contribution in [1.29, 1.82) is 0 Å². The lowest BCUT2D eigenvalue weighted by Crippen LogP contribution is -2.44. The fourth-order valence-corrected chi connectivity index (χ4v) is 3.48. The predicted octanol–water partition coefficient (Wildman–Crippen LogP) is 2.76. The third-order valence-electron chi connectivity index (χ3n) is 4.94. The molecule has 2 aromatic rings. The van der Waals surface area contributed by atoms with Crippen molar-refractivity contribution in [3.8, 4) is 11.1 Å². The molecule has 1 unspecified atom stereocenters. The second-order valence-electron chi connectivity index (χ2n) is 6.98. The molecule has 5 nitrogen and oxygen atoms in total. The van der Waals surface area contributed by atoms with Gasteiger partial charge in [-0.1, -0.05) is 30.3 Å². The van der Waals surface area contributed by atoms with Crippen LogP contribution in [0.5, 0.6) is 0 Å². The minimum absolute atomic E-state index is 0.0385. The van der Waals surface area contributed by atoms with Crippen molar-refractivity contribution in [3.63, 3.8) is 0 Å². The normalized spacial score (nSPS) is 17.0. The summed E-state index contributed by atoms with van der Waals surface area (Å²) in [4.78, 5) is 28.0. The Hall–Kier alpha value is -2.82. The third kappa shape index (κ3) is 3.72. The van der Waals surface area contributed by atoms with Crippen molar-refractivity contribution < 1.29 is 9.59 Å². The van der Waals surface area contributed by atoms with Gasteiger partial charge in [-0.25, -0.2) is 0 Å². The molecule has 2 aromatic carbocycles. The molecule has 0 radical (unpaired) electrons. The van der Waals surface area contributed by atoms with Crippen LogP contribution in [0, 0.1) is 5.92 Å². The van der Waals surface area contributed by atoms with Gasteiger partial charge in [0.2, 0.25) is 5.91 Å². The van der Waals surface area contributed by atoms with Gasteiger partial charge < -0.3 is 15.5 Å². The van der Waals surface area contributed by atoms with Crippen molar-refractivity contribution >= 4 is 17.5 Å². The molecular formula is C21H25N3O2. The molecule has 1 fully saturated rings. The van der Waals surface area contributed by atoms with Crippen LogP contribution in [0.25, 0.3) is 11.1 Å². The van der Waals surface area contributed by atoms with E-state index in [9.17, 15) is 9.59 Å². The van der Waals surface area contributed by atoms with E-state index in [1.54, 1.807) is 4.90 Å². The van der Waals surface area contributed by atoms with Crippen LogP contribution < -0.4 is 10.6 Å². The molecule has 1 atom stereocenters. The zero-order valence-corrected chi connectivity index (χ0v) is 15.3. The second-order valence-corrected chi connectivity index (χ2v) is 6.98. The first-order valence-corrected chi connectivity index (χ1v) is 8.92. The number of likely N-dealkylation sites (tertiary alicyclic amines) is 1. The molecule has 26 heavy (non-hydrogen) atoms. The summed E-state index contributed by atoms with van der Waals surface area (Å²) in [7, 11) is 4.03. The van der Waals surface area contributed by atoms with Gasteiger partial charge in [-0.2, -0.15) is 0 Å². The highest BCUT2D eigenvalue weighted by molar-refractivity contribution is 5.95. The molecule has 1 aliphatic heterocycles. The lowest BCUT2D eigenvalue weighted by Gasteiger charge is -2.31. The van der Waals surface area contributed by atoms with Crippen LogP contribution in [0.4, 0.5) is 5.69 Å². The smallest absolute Gasteiger partial charge is 0.253 e. The number of rotatable bonds is 4. The maximum atomic E-state index is 12.8. The van der Waals surface area contributed by atoms with Gasteiger partial charge in [0.05, 0.1) is 5.92 Å². The first kappa shape index (κ1) is 18.0. The van der Waals surface area contributed by atoms with Gasteiger partial charge in [-0.15, -0.1) is 0 Å². The number of carbonyl (C=O) groups excluding carboxylic acids is 2. The molecule has 1 heterocycles. The Morgan fingerprint density at radius 3 is 2.42 bits per heavy atom. The van der Waals surface area contributed by atoms with Crippen molar-refractivity contribution in [2.24, 2.45) is 11.7 Å². The summed E-state index contributed by atoms with van der Waals surface area (Å²) < 4.78 is 0. The molecule has 2 N–H and O–H groups in total. The van der Waals surface area contributed by atoms with E-state index in [2.05, 4.69) is 17.0 Å². The maximum absolute atomic E-state index is 12.8. The molecule has 0 saturated carbocycles. The first-order valence-electron chi connectivity index (χ1n) is 8.92. The number of para-hydroxylation sites is 1. The molecule has 0 aromatic heterocycles. The summed E-state index contributed by atoms with van der Waals surface area (Å²) in [6.45, 7) is 1.09. The Balaban J connectivity index is 1.80. The van der Waals surface area contributed by atoms with Crippen molar-refractivity contribution in [1.82, 2.24) is 4.90 Å². The Kier molecular flexibility index (Phi) is 5.26. The van der Waals surface area contributed by atoms with Crippen molar-refractivity contribution in [3.05, 3.63) is 54.1 Å². The first-order chi connectivity index (χ1) is 12.5. The lowest BCUT2D eigenvalue weighted by atomic mass is 9.96. The summed E-state index contributed by atoms with van der Waals surface area (Å²) in [6.07, 6.45) is 1.58. The van der Waals surface area contributed by atoms with Crippen LogP contribution in [-0.4, -0.2) is 43.9 Å². The zero-order chi connectivity index (χ0) is 18.7. The number of carbonyl (C=O) groups is 2. The van der Waals surface area contributed by atoms with Crippen LogP contribution in [0.1, 0.15) is 23.2 Å². The van der Waals surface area contributed by atoms with Crippen molar-refractivity contribution in [2.45, 2.75) is 12.8 Å². The largest absolute Gasteiger partial charge is 0.377 e. The Morgan fingerprint density at radius 2 is 1.77 bits per heavy atom. The molecule has 1 saturated heterocycles. The number of nitrogens with two attached hydrogens (primary N) is 1. The molecule has 3 rings (SSSR count). The van der Waals surface area contributed by atoms with Gasteiger partial charge in [0.15, 0.2) is 0 Å². The maximum Gasteiger partial charge on any atom is 0.253 e. The standard InChI is InChI=1S/C21H25N3O2/c1-23(2)19-8-4-3-7-18(19)15-9-11-16(12-10-15)21(26)24-13-5-6-17(14-24)20(22)25/h3-4,7-12,17H,5-6,13-14H2,1-2H3,(H2,22,25). The Morgan fingerprint density at radius 1 is 1.08 bits per heavy atom. The molecular weight excluding hydrogens is 326 g/mol. The predicted molar refractivity (Wildman–Crippen MR) is 104 cm³/mol. The number of nitrogens with zero attached hydrogens (tertiary/aromatic N) is 2. The highest BCUT2D eigenvalue weighted by Crippen LogP contribution is 2.30. The number of hydrogen-bond acceptors (Lipinski definition) is 3. The minimum atomic E-state index is -0.321. The van der Waals surface area contributed by atoms with E-state index in [4.69, 9.17) is 5.73 Å². The Labute approximate surface area is 154 Å². The van der Waals surface area contributed by atoms with Crippen LogP contribution in [-0.2, 0) is 4.79 Å². The van der Waals surface area contributed by atoms with Gasteiger partial charge in [-0.3, -0.25) is 9.59 Å². The van der Waals surface area contributed by atoms with Crippen LogP contribution in [0.3, 0.4) is 0 Å². The van der Waals surface area contributed by atoms with Gasteiger partial charge in [0.25, 0.3) is 5.91 Å². The fraction of sp³-hybridized carbons (Fsp3) is 0.333. The highest BCUT2D eigenvalue weighted by atomic mass is 16.2. The summed E-state index contributed by atoms with van der Waals surface area (Å²) in [5.74, 6) is -0.597. The number of primary amides is 1. The lowest BCUT2D eigenvalue weighted by molar-refractivity contribution is -0.123. The van der Waals surface area contributed by atoms with E-state index < -0.39 is 0 Å². The molecule has 0 spiro atoms. The average molecular weight is 351 g/mol. The van der Waals surface area contributed by atoms with E-state index in [0.717, 1.165) is 29.7 Å². The number of piperidine rings is 1. The molecule has 1 aliphatic rings. The molecule has 0 aliphatic carbocycles. The summed E-state index contributed by atoms with van der Waals surface area (Å²) in [5, 5.41) is 0. The van der Waals surface area contributed by atoms with Crippen LogP contribution in [0.15, 0.2) is 48.5 Å². The second kappa shape index (κ2) is 7.60. The molecule has 0 bridgehead atoms. The van der Waals surface area contributed by atoms with Crippen LogP contribution in [0.2, 0.25) is 0 Å². The molecule has 136 valence electrons. The zero-order valence-electron chi connectivity index (χ0n) is 15.3. The SMILES string of the molecule is CN(C)c1ccccc1-c1ccc(C(=O)N2CCCC(C(N)=O)C2)cc1. The van der Waals surface area contributed by atoms with Crippen LogP contribution >= 0.6 is 0 Å². The van der Waals surface area contributed by atoms with Gasteiger partial charge in [0.1, 0.15) is 0 Å². The van der Waals surface area contributed by atoms with Gasteiger partial charge in [-0.05, 0) is 36.6 Å². The monoisotopic (exact) mass is 351 g/mol. The Bertz CT molecular complexity index is 799. The highest BCUT2D eigenvalue weighted by Gasteiger charge is 2.27. The summed E-state index contributed by atoms with van der Waals surface area (Å²) in [6, 6.07) is 15.9. The molecule has 2 amide bonds.